The van der Waals surface area contributed by atoms with E-state index in [0.29, 0.717) is 10.0 Å². The van der Waals surface area contributed by atoms with Gasteiger partial charge < -0.3 is 5.11 Å². The predicted molar refractivity (Wildman–Crippen MR) is 43.9 cm³/mol. The average Bonchev–Trinajstić information content (AvgIpc) is 1.80. The summed E-state index contributed by atoms with van der Waals surface area (Å²) in [5, 5.41) is 9.69. The molecule has 0 aliphatic heterocycles. The monoisotopic (exact) mass is 201 g/mol. The maximum Gasteiger partial charge on any atom is 0.135 e. The van der Waals surface area contributed by atoms with Crippen LogP contribution in [0.3, 0.4) is 0 Å². The van der Waals surface area contributed by atoms with Gasteiger partial charge in [-0.15, -0.1) is 0 Å². The van der Waals surface area contributed by atoms with Crippen molar-refractivity contribution in [3.8, 4) is 5.75 Å². The molecule has 1 aromatic rings. The molecule has 10 heavy (non-hydrogen) atoms. The molecule has 0 heterocycles. The first-order valence-corrected chi connectivity index (χ1v) is 3.10. The van der Waals surface area contributed by atoms with Crippen LogP contribution in [0, 0.1) is 0 Å². The minimum atomic E-state index is 0. The molecule has 0 spiro atoms. The zero-order chi connectivity index (χ0) is 6.85. The Labute approximate surface area is 112 Å². The van der Waals surface area contributed by atoms with E-state index >= 15 is 0 Å². The van der Waals surface area contributed by atoms with Gasteiger partial charge in [0.25, 0.3) is 0 Å². The minimum absolute atomic E-state index is 0. The molecule has 0 unspecified atom stereocenters. The molecule has 0 aliphatic carbocycles. The first-order chi connectivity index (χ1) is 4.20. The van der Waals surface area contributed by atoms with Crippen LogP contribution in [-0.2, 0) is 0 Å². The number of rotatable bonds is 0. The maximum atomic E-state index is 8.88. The molecular formula is C6H4Cl2KO. The van der Waals surface area contributed by atoms with Gasteiger partial charge in [-0.1, -0.05) is 23.2 Å². The molecule has 0 fully saturated rings. The molecule has 0 atom stereocenters. The molecule has 1 radical (unpaired) electrons. The van der Waals surface area contributed by atoms with Crippen LogP contribution in [0.2, 0.25) is 10.0 Å². The Morgan fingerprint density at radius 2 is 1.80 bits per heavy atom. The molecule has 0 saturated heterocycles. The molecule has 1 rings (SSSR count). The van der Waals surface area contributed by atoms with Crippen molar-refractivity contribution in [3.63, 3.8) is 0 Å². The van der Waals surface area contributed by atoms with Gasteiger partial charge in [0.2, 0.25) is 0 Å². The third kappa shape index (κ3) is 3.09. The number of halogens is 2. The van der Waals surface area contributed by atoms with E-state index in [4.69, 9.17) is 28.3 Å². The van der Waals surface area contributed by atoms with Crippen molar-refractivity contribution in [2.75, 3.05) is 0 Å². The summed E-state index contributed by atoms with van der Waals surface area (Å²) in [6.45, 7) is 0. The average molecular weight is 202 g/mol. The molecule has 0 bridgehead atoms. The van der Waals surface area contributed by atoms with Gasteiger partial charge >= 0.3 is 0 Å². The summed E-state index contributed by atoms with van der Waals surface area (Å²) in [5.41, 5.74) is 0. The Hall–Kier alpha value is 1.24. The smallest absolute Gasteiger partial charge is 0.135 e. The molecule has 1 nitrogen and oxygen atoms in total. The van der Waals surface area contributed by atoms with Crippen LogP contribution in [-0.4, -0.2) is 56.5 Å². The predicted octanol–water partition coefficient (Wildman–Crippen LogP) is 2.32. The Kier molecular flexibility index (Phi) is 5.60. The first-order valence-electron chi connectivity index (χ1n) is 2.34. The summed E-state index contributed by atoms with van der Waals surface area (Å²) in [5.74, 6) is 0.0177. The third-order valence-corrected chi connectivity index (χ3v) is 1.46. The third-order valence-electron chi connectivity index (χ3n) is 0.908. The fraction of sp³-hybridized carbons (Fsp3) is 0. The van der Waals surface area contributed by atoms with E-state index in [1.807, 2.05) is 0 Å². The quantitative estimate of drug-likeness (QED) is 0.640. The van der Waals surface area contributed by atoms with E-state index in [9.17, 15) is 0 Å². The van der Waals surface area contributed by atoms with Crippen molar-refractivity contribution in [1.29, 1.82) is 0 Å². The number of benzene rings is 1. The van der Waals surface area contributed by atoms with Crippen LogP contribution in [0.5, 0.6) is 5.75 Å². The molecular weight excluding hydrogens is 198 g/mol. The van der Waals surface area contributed by atoms with Gasteiger partial charge in [-0.2, -0.15) is 0 Å². The van der Waals surface area contributed by atoms with E-state index in [0.717, 1.165) is 0 Å². The second-order valence-electron chi connectivity index (χ2n) is 1.60. The molecule has 1 aromatic carbocycles. The van der Waals surface area contributed by atoms with Crippen molar-refractivity contribution in [2.24, 2.45) is 0 Å². The topological polar surface area (TPSA) is 20.2 Å². The second-order valence-corrected chi connectivity index (χ2v) is 2.44. The van der Waals surface area contributed by atoms with Crippen molar-refractivity contribution in [1.82, 2.24) is 0 Å². The standard InChI is InChI=1S/C6H4Cl2O.K/c7-4-1-2-5(8)6(9)3-4;/h1-3,9H;. The minimum Gasteiger partial charge on any atom is -0.506 e. The summed E-state index contributed by atoms with van der Waals surface area (Å²) in [4.78, 5) is 0. The number of hydrogen-bond acceptors (Lipinski definition) is 1. The molecule has 0 aliphatic rings. The summed E-state index contributed by atoms with van der Waals surface area (Å²) >= 11 is 11.0. The van der Waals surface area contributed by atoms with E-state index in [2.05, 4.69) is 0 Å². The summed E-state index contributed by atoms with van der Waals surface area (Å²) in [6.07, 6.45) is 0. The first kappa shape index (κ1) is 11.2. The van der Waals surface area contributed by atoms with E-state index < -0.39 is 0 Å². The van der Waals surface area contributed by atoms with Crippen LogP contribution in [0.25, 0.3) is 0 Å². The van der Waals surface area contributed by atoms with Gasteiger partial charge in [0.05, 0.1) is 5.02 Å². The van der Waals surface area contributed by atoms with Gasteiger partial charge in [0.1, 0.15) is 5.75 Å². The molecule has 0 saturated carbocycles. The van der Waals surface area contributed by atoms with E-state index in [1.54, 1.807) is 12.1 Å². The van der Waals surface area contributed by atoms with E-state index in [1.165, 1.54) is 6.07 Å². The van der Waals surface area contributed by atoms with Crippen LogP contribution < -0.4 is 0 Å². The van der Waals surface area contributed by atoms with Gasteiger partial charge in [-0.05, 0) is 12.1 Å². The number of hydrogen-bond donors (Lipinski definition) is 1. The van der Waals surface area contributed by atoms with Gasteiger partial charge in [-0.25, -0.2) is 0 Å². The van der Waals surface area contributed by atoms with Crippen LogP contribution in [0.4, 0.5) is 0 Å². The zero-order valence-electron chi connectivity index (χ0n) is 5.44. The van der Waals surface area contributed by atoms with Gasteiger partial charge in [0.15, 0.2) is 0 Å². The van der Waals surface area contributed by atoms with E-state index in [-0.39, 0.29) is 57.1 Å². The molecule has 0 aromatic heterocycles. The fourth-order valence-electron chi connectivity index (χ4n) is 0.486. The van der Waals surface area contributed by atoms with Crippen LogP contribution in [0.1, 0.15) is 0 Å². The Morgan fingerprint density at radius 1 is 1.20 bits per heavy atom. The largest absolute Gasteiger partial charge is 0.506 e. The molecule has 4 heteroatoms. The van der Waals surface area contributed by atoms with Crippen molar-refractivity contribution in [2.45, 2.75) is 0 Å². The number of phenols is 1. The SMILES string of the molecule is Oc1cc(Cl)ccc1Cl.[K]. The summed E-state index contributed by atoms with van der Waals surface area (Å²) in [7, 11) is 0. The second kappa shape index (κ2) is 4.98. The summed E-state index contributed by atoms with van der Waals surface area (Å²) < 4.78 is 0. The number of phenolic OH excluding ortho intramolecular Hbond substituents is 1. The van der Waals surface area contributed by atoms with Crippen LogP contribution in [0.15, 0.2) is 18.2 Å². The van der Waals surface area contributed by atoms with Gasteiger partial charge in [-0.3, -0.25) is 0 Å². The Balaban J connectivity index is 0.000000810. The fourth-order valence-corrected chi connectivity index (χ4v) is 0.770. The van der Waals surface area contributed by atoms with Crippen molar-refractivity contribution in [3.05, 3.63) is 28.2 Å². The zero-order valence-corrected chi connectivity index (χ0v) is 10.1. The van der Waals surface area contributed by atoms with Crippen LogP contribution >= 0.6 is 23.2 Å². The maximum absolute atomic E-state index is 8.88. The number of aromatic hydroxyl groups is 1. The Bertz CT molecular complexity index is 227. The van der Waals surface area contributed by atoms with Crippen molar-refractivity contribution < 1.29 is 5.11 Å². The summed E-state index contributed by atoms with van der Waals surface area (Å²) in [6, 6.07) is 4.55. The van der Waals surface area contributed by atoms with Gasteiger partial charge in [0, 0.05) is 62.5 Å². The Morgan fingerprint density at radius 3 is 2.20 bits per heavy atom. The molecule has 49 valence electrons. The normalized spacial score (nSPS) is 8.60. The molecule has 0 amide bonds. The molecule has 1 N–H and O–H groups in total. The van der Waals surface area contributed by atoms with Crippen molar-refractivity contribution >= 4 is 74.6 Å².